The van der Waals surface area contributed by atoms with Gasteiger partial charge in [-0.05, 0) is 18.7 Å². The Hall–Kier alpha value is -0.710. The van der Waals surface area contributed by atoms with E-state index in [1.165, 1.54) is 5.56 Å². The Labute approximate surface area is 108 Å². The molecule has 1 aromatic heterocycles. The lowest BCUT2D eigenvalue weighted by molar-refractivity contribution is 0.715. The average Bonchev–Trinajstić information content (AvgIpc) is 2.75. The minimum Gasteiger partial charge on any atom is -0.311 e. The Morgan fingerprint density at radius 1 is 1.44 bits per heavy atom. The number of nitrogens with zero attached hydrogens (tertiary/aromatic N) is 1. The topological polar surface area (TPSA) is 24.9 Å². The molecule has 0 radical (unpaired) electrons. The molecule has 0 unspecified atom stereocenters. The Morgan fingerprint density at radius 2 is 2.31 bits per heavy atom. The predicted molar refractivity (Wildman–Crippen MR) is 72.6 cm³/mol. The van der Waals surface area contributed by atoms with Crippen molar-refractivity contribution in [3.8, 4) is 10.6 Å². The molecule has 0 saturated heterocycles. The van der Waals surface area contributed by atoms with Crippen molar-refractivity contribution in [2.75, 3.05) is 6.54 Å². The van der Waals surface area contributed by atoms with Crippen molar-refractivity contribution < 1.29 is 0 Å². The minimum atomic E-state index is 0.848. The monoisotopic (exact) mass is 296 g/mol. The van der Waals surface area contributed by atoms with E-state index >= 15 is 0 Å². The molecule has 1 aromatic carbocycles. The third-order valence-electron chi connectivity index (χ3n) is 2.18. The highest BCUT2D eigenvalue weighted by Gasteiger charge is 2.04. The highest BCUT2D eigenvalue weighted by molar-refractivity contribution is 9.10. The molecule has 4 heteroatoms. The SMILES string of the molecule is CCNCc1csc(-c2cccc(Br)c2)n1. The van der Waals surface area contributed by atoms with Gasteiger partial charge < -0.3 is 5.32 Å². The van der Waals surface area contributed by atoms with Crippen LogP contribution in [0.5, 0.6) is 0 Å². The van der Waals surface area contributed by atoms with Gasteiger partial charge in [-0.15, -0.1) is 11.3 Å². The van der Waals surface area contributed by atoms with Crippen LogP contribution in [0.4, 0.5) is 0 Å². The van der Waals surface area contributed by atoms with Crippen LogP contribution in [0, 0.1) is 0 Å². The van der Waals surface area contributed by atoms with E-state index in [0.29, 0.717) is 0 Å². The average molecular weight is 297 g/mol. The molecule has 0 spiro atoms. The number of benzene rings is 1. The van der Waals surface area contributed by atoms with E-state index in [9.17, 15) is 0 Å². The van der Waals surface area contributed by atoms with Gasteiger partial charge in [0.05, 0.1) is 5.69 Å². The molecule has 84 valence electrons. The molecule has 0 saturated carbocycles. The standard InChI is InChI=1S/C12H13BrN2S/c1-2-14-7-11-8-16-12(15-11)9-4-3-5-10(13)6-9/h3-6,8,14H,2,7H2,1H3. The number of thiazole rings is 1. The Kier molecular flexibility index (Phi) is 4.09. The summed E-state index contributed by atoms with van der Waals surface area (Å²) in [7, 11) is 0. The predicted octanol–water partition coefficient (Wildman–Crippen LogP) is 3.68. The van der Waals surface area contributed by atoms with Crippen LogP contribution in [-0.2, 0) is 6.54 Å². The Morgan fingerprint density at radius 3 is 3.06 bits per heavy atom. The van der Waals surface area contributed by atoms with Gasteiger partial charge in [0, 0.05) is 22.0 Å². The van der Waals surface area contributed by atoms with Crippen LogP contribution in [0.3, 0.4) is 0 Å². The van der Waals surface area contributed by atoms with Crippen molar-refractivity contribution in [1.82, 2.24) is 10.3 Å². The lowest BCUT2D eigenvalue weighted by Gasteiger charge is -1.97. The van der Waals surface area contributed by atoms with Crippen LogP contribution in [0.1, 0.15) is 12.6 Å². The quantitative estimate of drug-likeness (QED) is 0.931. The molecule has 0 amide bonds. The highest BCUT2D eigenvalue weighted by Crippen LogP contribution is 2.26. The molecule has 0 aliphatic rings. The summed E-state index contributed by atoms with van der Waals surface area (Å²) in [4.78, 5) is 4.59. The first kappa shape index (κ1) is 11.8. The van der Waals surface area contributed by atoms with Gasteiger partial charge in [-0.1, -0.05) is 35.0 Å². The fourth-order valence-electron chi connectivity index (χ4n) is 1.40. The molecule has 1 N–H and O–H groups in total. The molecule has 0 bridgehead atoms. The normalized spacial score (nSPS) is 10.6. The van der Waals surface area contributed by atoms with Crippen molar-refractivity contribution in [2.24, 2.45) is 0 Å². The summed E-state index contributed by atoms with van der Waals surface area (Å²) < 4.78 is 1.09. The van der Waals surface area contributed by atoms with Crippen molar-refractivity contribution in [2.45, 2.75) is 13.5 Å². The maximum Gasteiger partial charge on any atom is 0.123 e. The summed E-state index contributed by atoms with van der Waals surface area (Å²) in [5, 5.41) is 6.46. The lowest BCUT2D eigenvalue weighted by Crippen LogP contribution is -2.11. The second kappa shape index (κ2) is 5.57. The van der Waals surface area contributed by atoms with E-state index < -0.39 is 0 Å². The molecular weight excluding hydrogens is 284 g/mol. The fraction of sp³-hybridized carbons (Fsp3) is 0.250. The van der Waals surface area contributed by atoms with Crippen LogP contribution >= 0.6 is 27.3 Å². The largest absolute Gasteiger partial charge is 0.311 e. The van der Waals surface area contributed by atoms with E-state index in [4.69, 9.17) is 0 Å². The minimum absolute atomic E-state index is 0.848. The smallest absolute Gasteiger partial charge is 0.123 e. The van der Waals surface area contributed by atoms with Gasteiger partial charge in [-0.3, -0.25) is 0 Å². The van der Waals surface area contributed by atoms with E-state index in [2.05, 4.69) is 50.7 Å². The van der Waals surface area contributed by atoms with Crippen molar-refractivity contribution >= 4 is 27.3 Å². The van der Waals surface area contributed by atoms with Crippen molar-refractivity contribution in [3.63, 3.8) is 0 Å². The van der Waals surface area contributed by atoms with Gasteiger partial charge in [-0.2, -0.15) is 0 Å². The second-order valence-corrected chi connectivity index (χ2v) is 5.21. The molecule has 2 nitrogen and oxygen atoms in total. The fourth-order valence-corrected chi connectivity index (χ4v) is 2.61. The van der Waals surface area contributed by atoms with E-state index in [-0.39, 0.29) is 0 Å². The molecule has 0 aliphatic heterocycles. The van der Waals surface area contributed by atoms with Crippen molar-refractivity contribution in [3.05, 3.63) is 39.8 Å². The molecule has 1 heterocycles. The van der Waals surface area contributed by atoms with Crippen LogP contribution in [-0.4, -0.2) is 11.5 Å². The molecule has 0 aliphatic carbocycles. The first-order valence-electron chi connectivity index (χ1n) is 5.20. The molecule has 2 rings (SSSR count). The number of hydrogen-bond acceptors (Lipinski definition) is 3. The summed E-state index contributed by atoms with van der Waals surface area (Å²) >= 11 is 5.16. The second-order valence-electron chi connectivity index (χ2n) is 3.43. The summed E-state index contributed by atoms with van der Waals surface area (Å²) in [5.41, 5.74) is 2.28. The summed E-state index contributed by atoms with van der Waals surface area (Å²) in [6.45, 7) is 3.92. The zero-order chi connectivity index (χ0) is 11.4. The maximum absolute atomic E-state index is 4.59. The molecule has 16 heavy (non-hydrogen) atoms. The first-order valence-corrected chi connectivity index (χ1v) is 6.88. The molecular formula is C12H13BrN2S. The van der Waals surface area contributed by atoms with E-state index in [1.54, 1.807) is 11.3 Å². The number of rotatable bonds is 4. The summed E-state index contributed by atoms with van der Waals surface area (Å²) in [6.07, 6.45) is 0. The first-order chi connectivity index (χ1) is 7.79. The third kappa shape index (κ3) is 2.90. The number of nitrogens with one attached hydrogen (secondary N) is 1. The lowest BCUT2D eigenvalue weighted by atomic mass is 10.2. The zero-order valence-corrected chi connectivity index (χ0v) is 11.4. The third-order valence-corrected chi connectivity index (χ3v) is 3.61. The zero-order valence-electron chi connectivity index (χ0n) is 9.03. The van der Waals surface area contributed by atoms with Gasteiger partial charge in [0.1, 0.15) is 5.01 Å². The van der Waals surface area contributed by atoms with Gasteiger partial charge in [0.2, 0.25) is 0 Å². The maximum atomic E-state index is 4.59. The van der Waals surface area contributed by atoms with E-state index in [0.717, 1.165) is 28.3 Å². The summed E-state index contributed by atoms with van der Waals surface area (Å²) in [5.74, 6) is 0. The molecule has 0 atom stereocenters. The van der Waals surface area contributed by atoms with Crippen molar-refractivity contribution in [1.29, 1.82) is 0 Å². The van der Waals surface area contributed by atoms with Gasteiger partial charge >= 0.3 is 0 Å². The number of aromatic nitrogens is 1. The van der Waals surface area contributed by atoms with Gasteiger partial charge in [0.15, 0.2) is 0 Å². The van der Waals surface area contributed by atoms with Gasteiger partial charge in [-0.25, -0.2) is 4.98 Å². The van der Waals surface area contributed by atoms with Crippen LogP contribution in [0.2, 0.25) is 0 Å². The molecule has 0 fully saturated rings. The van der Waals surface area contributed by atoms with Crippen LogP contribution < -0.4 is 5.32 Å². The Balaban J connectivity index is 2.18. The Bertz CT molecular complexity index is 468. The van der Waals surface area contributed by atoms with Crippen LogP contribution in [0.15, 0.2) is 34.1 Å². The highest BCUT2D eigenvalue weighted by atomic mass is 79.9. The number of hydrogen-bond donors (Lipinski definition) is 1. The van der Waals surface area contributed by atoms with Gasteiger partial charge in [0.25, 0.3) is 0 Å². The van der Waals surface area contributed by atoms with Crippen LogP contribution in [0.25, 0.3) is 10.6 Å². The molecule has 2 aromatic rings. The summed E-state index contributed by atoms with van der Waals surface area (Å²) in [6, 6.07) is 8.23. The number of halogens is 1. The van der Waals surface area contributed by atoms with E-state index in [1.807, 2.05) is 12.1 Å².